The molecule has 18 heavy (non-hydrogen) atoms. The molecule has 1 aromatic carbocycles. The fraction of sp³-hybridized carbons (Fsp3) is 0.357. The molecule has 0 bridgehead atoms. The number of thioether (sulfide) groups is 1. The number of fused-ring (bicyclic) bond motifs is 1. The molecule has 3 nitrogen and oxygen atoms in total. The summed E-state index contributed by atoms with van der Waals surface area (Å²) in [5, 5.41) is 4.76. The molecular weight excluding hydrogens is 242 g/mol. The molecule has 0 saturated carbocycles. The molecule has 1 aliphatic heterocycles. The predicted molar refractivity (Wildman–Crippen MR) is 80.2 cm³/mol. The highest BCUT2D eigenvalue weighted by molar-refractivity contribution is 7.99. The zero-order valence-electron chi connectivity index (χ0n) is 10.4. The molecule has 0 radical (unpaired) electrons. The summed E-state index contributed by atoms with van der Waals surface area (Å²) in [5.74, 6) is 2.44. The van der Waals surface area contributed by atoms with Gasteiger partial charge in [0.05, 0.1) is 5.52 Å². The number of rotatable bonds is 2. The fourth-order valence-electron chi connectivity index (χ4n) is 2.36. The van der Waals surface area contributed by atoms with Crippen molar-refractivity contribution in [3.05, 3.63) is 30.0 Å². The number of hydrogen-bond acceptors (Lipinski definition) is 4. The van der Waals surface area contributed by atoms with E-state index >= 15 is 0 Å². The number of aryl methyl sites for hydroxylation is 1. The van der Waals surface area contributed by atoms with Crippen molar-refractivity contribution in [3.63, 3.8) is 0 Å². The molecule has 2 aromatic rings. The number of anilines is 2. The van der Waals surface area contributed by atoms with Crippen LogP contribution in [0, 0.1) is 6.92 Å². The molecule has 3 N–H and O–H groups in total. The Kier molecular flexibility index (Phi) is 3.04. The lowest BCUT2D eigenvalue weighted by Crippen LogP contribution is -2.18. The van der Waals surface area contributed by atoms with Crippen molar-refractivity contribution >= 4 is 34.0 Å². The molecule has 1 aliphatic rings. The summed E-state index contributed by atoms with van der Waals surface area (Å²) in [4.78, 5) is 4.55. The number of nitrogens with one attached hydrogen (secondary N) is 1. The fourth-order valence-corrected chi connectivity index (χ4v) is 3.52. The quantitative estimate of drug-likeness (QED) is 0.814. The molecule has 0 amide bonds. The van der Waals surface area contributed by atoms with Crippen molar-refractivity contribution in [2.45, 2.75) is 19.4 Å². The molecule has 0 aliphatic carbocycles. The van der Waals surface area contributed by atoms with Gasteiger partial charge in [-0.1, -0.05) is 0 Å². The molecular formula is C14H17N3S. The maximum absolute atomic E-state index is 5.88. The molecule has 1 aromatic heterocycles. The standard InChI is InChI=1S/C14H17N3S/c1-9-6-14(17-11-4-5-18-8-11)12-7-10(15)2-3-13(12)16-9/h2-3,6-7,11H,4-5,8,15H2,1H3,(H,16,17). The van der Waals surface area contributed by atoms with Gasteiger partial charge in [0.2, 0.25) is 0 Å². The molecule has 1 unspecified atom stereocenters. The Labute approximate surface area is 111 Å². The first-order valence-electron chi connectivity index (χ1n) is 6.23. The lowest BCUT2D eigenvalue weighted by Gasteiger charge is -2.16. The topological polar surface area (TPSA) is 50.9 Å². The van der Waals surface area contributed by atoms with Gasteiger partial charge in [-0.25, -0.2) is 0 Å². The van der Waals surface area contributed by atoms with E-state index in [4.69, 9.17) is 5.73 Å². The summed E-state index contributed by atoms with van der Waals surface area (Å²) >= 11 is 2.01. The van der Waals surface area contributed by atoms with Crippen LogP contribution in [-0.2, 0) is 0 Å². The number of aromatic nitrogens is 1. The number of pyridine rings is 1. The minimum Gasteiger partial charge on any atom is -0.399 e. The zero-order valence-corrected chi connectivity index (χ0v) is 11.3. The van der Waals surface area contributed by atoms with Gasteiger partial charge in [-0.05, 0) is 43.4 Å². The van der Waals surface area contributed by atoms with Gasteiger partial charge in [0, 0.05) is 34.2 Å². The van der Waals surface area contributed by atoms with Crippen LogP contribution >= 0.6 is 11.8 Å². The third-order valence-corrected chi connectivity index (χ3v) is 4.41. The third-order valence-electron chi connectivity index (χ3n) is 3.25. The van der Waals surface area contributed by atoms with E-state index in [-0.39, 0.29) is 0 Å². The smallest absolute Gasteiger partial charge is 0.0727 e. The minimum absolute atomic E-state index is 0.571. The average Bonchev–Trinajstić information content (AvgIpc) is 2.83. The number of nitrogens with two attached hydrogens (primary N) is 1. The second-order valence-electron chi connectivity index (χ2n) is 4.79. The maximum Gasteiger partial charge on any atom is 0.0727 e. The van der Waals surface area contributed by atoms with Crippen LogP contribution in [0.3, 0.4) is 0 Å². The van der Waals surface area contributed by atoms with Gasteiger partial charge in [-0.15, -0.1) is 0 Å². The summed E-state index contributed by atoms with van der Waals surface area (Å²) in [7, 11) is 0. The highest BCUT2D eigenvalue weighted by Crippen LogP contribution is 2.28. The first-order valence-corrected chi connectivity index (χ1v) is 7.39. The predicted octanol–water partition coefficient (Wildman–Crippen LogP) is 3.04. The Morgan fingerprint density at radius 1 is 1.39 bits per heavy atom. The Morgan fingerprint density at radius 3 is 3.06 bits per heavy atom. The van der Waals surface area contributed by atoms with E-state index in [0.717, 1.165) is 28.0 Å². The first-order chi connectivity index (χ1) is 8.72. The Balaban J connectivity index is 2.05. The van der Waals surface area contributed by atoms with Gasteiger partial charge in [-0.2, -0.15) is 11.8 Å². The van der Waals surface area contributed by atoms with E-state index in [1.807, 2.05) is 36.9 Å². The molecule has 1 atom stereocenters. The minimum atomic E-state index is 0.571. The molecule has 4 heteroatoms. The summed E-state index contributed by atoms with van der Waals surface area (Å²) < 4.78 is 0. The van der Waals surface area contributed by atoms with Crippen molar-refractivity contribution in [1.82, 2.24) is 4.98 Å². The first kappa shape index (κ1) is 11.7. The van der Waals surface area contributed by atoms with Gasteiger partial charge >= 0.3 is 0 Å². The molecule has 0 spiro atoms. The highest BCUT2D eigenvalue weighted by atomic mass is 32.2. The lowest BCUT2D eigenvalue weighted by molar-refractivity contribution is 0.814. The molecule has 94 valence electrons. The molecule has 1 fully saturated rings. The molecule has 3 rings (SSSR count). The van der Waals surface area contributed by atoms with Crippen LogP contribution in [0.4, 0.5) is 11.4 Å². The van der Waals surface area contributed by atoms with Gasteiger partial charge in [0.15, 0.2) is 0 Å². The Morgan fingerprint density at radius 2 is 2.28 bits per heavy atom. The van der Waals surface area contributed by atoms with Crippen LogP contribution in [0.1, 0.15) is 12.1 Å². The van der Waals surface area contributed by atoms with Gasteiger partial charge in [0.1, 0.15) is 0 Å². The lowest BCUT2D eigenvalue weighted by atomic mass is 10.1. The number of nitrogen functional groups attached to an aromatic ring is 1. The van der Waals surface area contributed by atoms with E-state index < -0.39 is 0 Å². The van der Waals surface area contributed by atoms with Crippen molar-refractivity contribution in [2.75, 3.05) is 22.6 Å². The van der Waals surface area contributed by atoms with Crippen LogP contribution in [0.2, 0.25) is 0 Å². The number of benzene rings is 1. The van der Waals surface area contributed by atoms with E-state index in [9.17, 15) is 0 Å². The maximum atomic E-state index is 5.88. The second kappa shape index (κ2) is 4.69. The molecule has 2 heterocycles. The summed E-state index contributed by atoms with van der Waals surface area (Å²) in [6.07, 6.45) is 1.23. The van der Waals surface area contributed by atoms with Gasteiger partial charge in [-0.3, -0.25) is 4.98 Å². The summed E-state index contributed by atoms with van der Waals surface area (Å²) in [5.41, 5.74) is 9.89. The van der Waals surface area contributed by atoms with E-state index in [0.29, 0.717) is 6.04 Å². The van der Waals surface area contributed by atoms with Gasteiger partial charge < -0.3 is 11.1 Å². The van der Waals surface area contributed by atoms with E-state index in [1.165, 1.54) is 17.9 Å². The normalized spacial score (nSPS) is 19.3. The highest BCUT2D eigenvalue weighted by Gasteiger charge is 2.16. The van der Waals surface area contributed by atoms with E-state index in [2.05, 4.69) is 16.4 Å². The van der Waals surface area contributed by atoms with Crippen LogP contribution in [0.25, 0.3) is 10.9 Å². The van der Waals surface area contributed by atoms with Crippen molar-refractivity contribution in [3.8, 4) is 0 Å². The Bertz CT molecular complexity index is 577. The third kappa shape index (κ3) is 2.25. The van der Waals surface area contributed by atoms with Crippen LogP contribution in [-0.4, -0.2) is 22.5 Å². The zero-order chi connectivity index (χ0) is 12.5. The average molecular weight is 259 g/mol. The van der Waals surface area contributed by atoms with Crippen LogP contribution in [0.15, 0.2) is 24.3 Å². The largest absolute Gasteiger partial charge is 0.399 e. The van der Waals surface area contributed by atoms with Crippen molar-refractivity contribution in [1.29, 1.82) is 0 Å². The Hall–Kier alpha value is -1.42. The van der Waals surface area contributed by atoms with Crippen LogP contribution < -0.4 is 11.1 Å². The molecule has 1 saturated heterocycles. The SMILES string of the molecule is Cc1cc(NC2CCSC2)c2cc(N)ccc2n1. The monoisotopic (exact) mass is 259 g/mol. The summed E-state index contributed by atoms with van der Waals surface area (Å²) in [6.45, 7) is 2.03. The number of nitrogens with zero attached hydrogens (tertiary/aromatic N) is 1. The van der Waals surface area contributed by atoms with Crippen molar-refractivity contribution in [2.24, 2.45) is 0 Å². The van der Waals surface area contributed by atoms with E-state index in [1.54, 1.807) is 0 Å². The van der Waals surface area contributed by atoms with Crippen molar-refractivity contribution < 1.29 is 0 Å². The number of hydrogen-bond donors (Lipinski definition) is 2. The van der Waals surface area contributed by atoms with Gasteiger partial charge in [0.25, 0.3) is 0 Å². The van der Waals surface area contributed by atoms with Crippen LogP contribution in [0.5, 0.6) is 0 Å². The summed E-state index contributed by atoms with van der Waals surface area (Å²) in [6, 6.07) is 8.59. The second-order valence-corrected chi connectivity index (χ2v) is 5.94.